The van der Waals surface area contributed by atoms with Crippen molar-refractivity contribution >= 4 is 5.97 Å². The summed E-state index contributed by atoms with van der Waals surface area (Å²) in [6.07, 6.45) is 3.60. The van der Waals surface area contributed by atoms with Crippen LogP contribution >= 0.6 is 0 Å². The van der Waals surface area contributed by atoms with E-state index in [0.29, 0.717) is 5.57 Å². The second kappa shape index (κ2) is 9.26. The Kier molecular flexibility index (Phi) is 10.5. The summed E-state index contributed by atoms with van der Waals surface area (Å²) in [7, 11) is 6.00. The van der Waals surface area contributed by atoms with Crippen molar-refractivity contribution in [2.75, 3.05) is 21.1 Å². The zero-order valence-electron chi connectivity index (χ0n) is 9.29. The predicted octanol–water partition coefficient (Wildman–Crippen LogP) is 2.00. The minimum Gasteiger partial charge on any atom is -0.478 e. The number of allylic oxidation sites excluding steroid dienone is 1. The van der Waals surface area contributed by atoms with Crippen molar-refractivity contribution in [2.24, 2.45) is 0 Å². The number of carbonyl (C=O) groups is 1. The van der Waals surface area contributed by atoms with Gasteiger partial charge >= 0.3 is 5.97 Å². The lowest BCUT2D eigenvalue weighted by Gasteiger charge is -1.90. The smallest absolute Gasteiger partial charge is 0.330 e. The molecule has 0 fully saturated rings. The lowest BCUT2D eigenvalue weighted by atomic mass is 10.2. The van der Waals surface area contributed by atoms with E-state index < -0.39 is 5.97 Å². The first-order valence-corrected chi connectivity index (χ1v) is 4.42. The fourth-order valence-corrected chi connectivity index (χ4v) is 0.448. The second-order valence-corrected chi connectivity index (χ2v) is 3.32. The van der Waals surface area contributed by atoms with E-state index in [4.69, 9.17) is 5.11 Å². The molecule has 3 nitrogen and oxygen atoms in total. The summed E-state index contributed by atoms with van der Waals surface area (Å²) < 4.78 is 0. The molecule has 0 spiro atoms. The van der Waals surface area contributed by atoms with Crippen LogP contribution in [-0.2, 0) is 4.79 Å². The Morgan fingerprint density at radius 2 is 1.77 bits per heavy atom. The number of unbranched alkanes of at least 4 members (excludes halogenated alkanes) is 1. The summed E-state index contributed by atoms with van der Waals surface area (Å²) >= 11 is 0. The van der Waals surface area contributed by atoms with E-state index in [0.717, 1.165) is 12.8 Å². The molecule has 0 aromatic heterocycles. The molecule has 0 saturated heterocycles. The molecule has 0 bridgehead atoms. The summed E-state index contributed by atoms with van der Waals surface area (Å²) in [6, 6.07) is 0. The van der Waals surface area contributed by atoms with Gasteiger partial charge in [-0.15, -0.1) is 0 Å². The highest BCUT2D eigenvalue weighted by Crippen LogP contribution is 1.96. The first kappa shape index (κ1) is 14.7. The molecule has 0 heterocycles. The molecular weight excluding hydrogens is 166 g/mol. The van der Waals surface area contributed by atoms with Crippen LogP contribution in [0, 0.1) is 0 Å². The molecule has 0 unspecified atom stereocenters. The summed E-state index contributed by atoms with van der Waals surface area (Å²) in [4.78, 5) is 12.1. The van der Waals surface area contributed by atoms with Crippen LogP contribution in [0.3, 0.4) is 0 Å². The molecular formula is C10H21NO2. The van der Waals surface area contributed by atoms with Gasteiger partial charge in [0.05, 0.1) is 0 Å². The van der Waals surface area contributed by atoms with Crippen molar-refractivity contribution in [1.29, 1.82) is 0 Å². The zero-order valence-corrected chi connectivity index (χ0v) is 9.29. The van der Waals surface area contributed by atoms with Crippen LogP contribution in [0.4, 0.5) is 0 Å². The topological polar surface area (TPSA) is 40.5 Å². The highest BCUT2D eigenvalue weighted by molar-refractivity contribution is 5.85. The van der Waals surface area contributed by atoms with Gasteiger partial charge in [-0.25, -0.2) is 4.79 Å². The zero-order chi connectivity index (χ0) is 10.9. The molecule has 0 aromatic rings. The molecule has 0 aliphatic rings. The quantitative estimate of drug-likeness (QED) is 0.687. The first-order valence-electron chi connectivity index (χ1n) is 4.42. The SMILES string of the molecule is CCC/C=C(\C)C(=O)O.CN(C)C. The Bertz CT molecular complexity index is 160. The van der Waals surface area contributed by atoms with Gasteiger partial charge in [-0.2, -0.15) is 0 Å². The molecule has 0 radical (unpaired) electrons. The maximum atomic E-state index is 10.1. The van der Waals surface area contributed by atoms with Crippen LogP contribution in [0.25, 0.3) is 0 Å². The Balaban J connectivity index is 0. The Hall–Kier alpha value is -0.830. The van der Waals surface area contributed by atoms with Crippen LogP contribution in [0.2, 0.25) is 0 Å². The lowest BCUT2D eigenvalue weighted by Crippen LogP contribution is -1.99. The first-order chi connectivity index (χ1) is 5.91. The van der Waals surface area contributed by atoms with Crippen LogP contribution < -0.4 is 0 Å². The van der Waals surface area contributed by atoms with Crippen molar-refractivity contribution in [3.63, 3.8) is 0 Å². The summed E-state index contributed by atoms with van der Waals surface area (Å²) in [5, 5.41) is 8.34. The largest absolute Gasteiger partial charge is 0.478 e. The fourth-order valence-electron chi connectivity index (χ4n) is 0.448. The average Bonchev–Trinajstić information content (AvgIpc) is 1.98. The third-order valence-electron chi connectivity index (χ3n) is 1.08. The lowest BCUT2D eigenvalue weighted by molar-refractivity contribution is -0.132. The average molecular weight is 187 g/mol. The van der Waals surface area contributed by atoms with Gasteiger partial charge in [0.25, 0.3) is 0 Å². The standard InChI is InChI=1S/C7H12O2.C3H9N/c1-3-4-5-6(2)7(8)9;1-4(2)3/h5H,3-4H2,1-2H3,(H,8,9);1-3H3/b6-5+;. The van der Waals surface area contributed by atoms with Gasteiger partial charge in [0.2, 0.25) is 0 Å². The van der Waals surface area contributed by atoms with E-state index in [1.807, 2.05) is 33.0 Å². The van der Waals surface area contributed by atoms with Gasteiger partial charge in [0.15, 0.2) is 0 Å². The predicted molar refractivity (Wildman–Crippen MR) is 55.9 cm³/mol. The van der Waals surface area contributed by atoms with Gasteiger partial charge in [-0.3, -0.25) is 0 Å². The molecule has 0 aromatic carbocycles. The second-order valence-electron chi connectivity index (χ2n) is 3.32. The molecule has 0 aliphatic carbocycles. The van der Waals surface area contributed by atoms with E-state index in [-0.39, 0.29) is 0 Å². The number of aliphatic carboxylic acids is 1. The van der Waals surface area contributed by atoms with Gasteiger partial charge in [0.1, 0.15) is 0 Å². The summed E-state index contributed by atoms with van der Waals surface area (Å²) in [5.74, 6) is -0.816. The van der Waals surface area contributed by atoms with E-state index in [2.05, 4.69) is 0 Å². The van der Waals surface area contributed by atoms with Gasteiger partial charge in [-0.05, 0) is 34.5 Å². The van der Waals surface area contributed by atoms with Crippen molar-refractivity contribution in [2.45, 2.75) is 26.7 Å². The summed E-state index contributed by atoms with van der Waals surface area (Å²) in [5.41, 5.74) is 0.442. The monoisotopic (exact) mass is 187 g/mol. The van der Waals surface area contributed by atoms with Gasteiger partial charge in [0, 0.05) is 5.57 Å². The molecule has 0 aliphatic heterocycles. The molecule has 78 valence electrons. The third-order valence-corrected chi connectivity index (χ3v) is 1.08. The Labute approximate surface area is 81.1 Å². The molecule has 0 saturated carbocycles. The van der Waals surface area contributed by atoms with Crippen LogP contribution in [-0.4, -0.2) is 37.1 Å². The Morgan fingerprint density at radius 1 is 1.38 bits per heavy atom. The number of nitrogens with zero attached hydrogens (tertiary/aromatic N) is 1. The third kappa shape index (κ3) is 18.3. The number of hydrogen-bond acceptors (Lipinski definition) is 2. The van der Waals surface area contributed by atoms with Crippen LogP contribution in [0.5, 0.6) is 0 Å². The van der Waals surface area contributed by atoms with Crippen molar-refractivity contribution < 1.29 is 9.90 Å². The number of carboxylic acids is 1. The maximum Gasteiger partial charge on any atom is 0.330 e. The molecule has 13 heavy (non-hydrogen) atoms. The van der Waals surface area contributed by atoms with E-state index in [1.165, 1.54) is 0 Å². The molecule has 3 heteroatoms. The van der Waals surface area contributed by atoms with Crippen LogP contribution in [0.15, 0.2) is 11.6 Å². The van der Waals surface area contributed by atoms with E-state index >= 15 is 0 Å². The molecule has 0 amide bonds. The number of carboxylic acid groups (broad SMARTS) is 1. The molecule has 0 atom stereocenters. The summed E-state index contributed by atoms with van der Waals surface area (Å²) in [6.45, 7) is 3.63. The van der Waals surface area contributed by atoms with E-state index in [1.54, 1.807) is 13.0 Å². The fraction of sp³-hybridized carbons (Fsp3) is 0.700. The van der Waals surface area contributed by atoms with Crippen molar-refractivity contribution in [3.05, 3.63) is 11.6 Å². The highest BCUT2D eigenvalue weighted by Gasteiger charge is 1.95. The number of rotatable bonds is 3. The normalized spacial score (nSPS) is 10.8. The highest BCUT2D eigenvalue weighted by atomic mass is 16.4. The van der Waals surface area contributed by atoms with Gasteiger partial charge < -0.3 is 10.0 Å². The van der Waals surface area contributed by atoms with Crippen molar-refractivity contribution in [1.82, 2.24) is 4.90 Å². The van der Waals surface area contributed by atoms with Crippen LogP contribution in [0.1, 0.15) is 26.7 Å². The maximum absolute atomic E-state index is 10.1. The molecule has 0 rings (SSSR count). The number of hydrogen-bond donors (Lipinski definition) is 1. The van der Waals surface area contributed by atoms with Gasteiger partial charge in [-0.1, -0.05) is 19.4 Å². The van der Waals surface area contributed by atoms with Crippen molar-refractivity contribution in [3.8, 4) is 0 Å². The Morgan fingerprint density at radius 3 is 2.00 bits per heavy atom. The molecule has 1 N–H and O–H groups in total. The van der Waals surface area contributed by atoms with E-state index in [9.17, 15) is 4.79 Å². The minimum absolute atomic E-state index is 0.442. The minimum atomic E-state index is -0.816.